The number of nitrogens with zero attached hydrogens (tertiary/aromatic N) is 2. The summed E-state index contributed by atoms with van der Waals surface area (Å²) in [5, 5.41) is 0.838. The van der Waals surface area contributed by atoms with Crippen molar-refractivity contribution >= 4 is 17.3 Å². The van der Waals surface area contributed by atoms with Crippen molar-refractivity contribution in [1.29, 1.82) is 0 Å². The molecular weight excluding hydrogens is 270 g/mol. The Labute approximate surface area is 127 Å². The molecule has 4 heteroatoms. The van der Waals surface area contributed by atoms with E-state index in [1.54, 1.807) is 0 Å². The summed E-state index contributed by atoms with van der Waals surface area (Å²) in [7, 11) is 4.34. The van der Waals surface area contributed by atoms with Crippen LogP contribution in [0.2, 0.25) is 5.02 Å². The molecule has 0 amide bonds. The van der Waals surface area contributed by atoms with E-state index in [4.69, 9.17) is 17.3 Å². The normalized spacial score (nSPS) is 19.1. The van der Waals surface area contributed by atoms with Crippen molar-refractivity contribution in [2.75, 3.05) is 32.1 Å². The number of hydrogen-bond donors (Lipinski definition) is 1. The van der Waals surface area contributed by atoms with E-state index < -0.39 is 0 Å². The second-order valence-corrected chi connectivity index (χ2v) is 6.52. The van der Waals surface area contributed by atoms with Gasteiger partial charge in [0, 0.05) is 19.1 Å². The van der Waals surface area contributed by atoms with Crippen molar-refractivity contribution in [3.8, 4) is 0 Å². The molecule has 1 aliphatic rings. The molecule has 2 N–H and O–H groups in total. The van der Waals surface area contributed by atoms with E-state index in [-0.39, 0.29) is 6.04 Å². The molecule has 20 heavy (non-hydrogen) atoms. The van der Waals surface area contributed by atoms with E-state index in [0.29, 0.717) is 6.04 Å². The molecule has 1 saturated heterocycles. The Morgan fingerprint density at radius 1 is 1.40 bits per heavy atom. The van der Waals surface area contributed by atoms with Gasteiger partial charge in [-0.05, 0) is 64.0 Å². The molecule has 0 spiro atoms. The van der Waals surface area contributed by atoms with Gasteiger partial charge in [0.2, 0.25) is 0 Å². The topological polar surface area (TPSA) is 32.5 Å². The van der Waals surface area contributed by atoms with E-state index in [9.17, 15) is 0 Å². The first-order chi connectivity index (χ1) is 9.47. The second-order valence-electron chi connectivity index (χ2n) is 6.11. The van der Waals surface area contributed by atoms with E-state index in [0.717, 1.165) is 30.2 Å². The Kier molecular flexibility index (Phi) is 5.30. The molecule has 1 heterocycles. The van der Waals surface area contributed by atoms with Crippen LogP contribution in [-0.4, -0.2) is 44.2 Å². The van der Waals surface area contributed by atoms with Gasteiger partial charge in [0.1, 0.15) is 0 Å². The maximum atomic E-state index is 6.46. The van der Waals surface area contributed by atoms with Gasteiger partial charge in [0.25, 0.3) is 0 Å². The standard InChI is InChI=1S/C16H26ClN3/c1-12(18)10-13-4-5-16(15(17)11-13)20(3)14-6-8-19(2)9-7-14/h4-5,11-12,14H,6-10,18H2,1-3H3. The number of benzene rings is 1. The molecule has 1 unspecified atom stereocenters. The predicted octanol–water partition coefficient (Wildman–Crippen LogP) is 2.76. The van der Waals surface area contributed by atoms with Crippen LogP contribution in [0.25, 0.3) is 0 Å². The Morgan fingerprint density at radius 3 is 2.60 bits per heavy atom. The maximum absolute atomic E-state index is 6.46. The summed E-state index contributed by atoms with van der Waals surface area (Å²) < 4.78 is 0. The van der Waals surface area contributed by atoms with Gasteiger partial charge in [0.05, 0.1) is 10.7 Å². The zero-order valence-corrected chi connectivity index (χ0v) is 13.5. The zero-order valence-electron chi connectivity index (χ0n) is 12.8. The fourth-order valence-corrected chi connectivity index (χ4v) is 3.25. The largest absolute Gasteiger partial charge is 0.370 e. The fourth-order valence-electron chi connectivity index (χ4n) is 2.91. The van der Waals surface area contributed by atoms with Gasteiger partial charge in [-0.3, -0.25) is 0 Å². The van der Waals surface area contributed by atoms with Gasteiger partial charge in [-0.1, -0.05) is 17.7 Å². The third kappa shape index (κ3) is 3.87. The average molecular weight is 296 g/mol. The molecule has 0 radical (unpaired) electrons. The third-order valence-corrected chi connectivity index (χ3v) is 4.49. The van der Waals surface area contributed by atoms with Crippen molar-refractivity contribution in [3.05, 3.63) is 28.8 Å². The molecule has 112 valence electrons. The summed E-state index contributed by atoms with van der Waals surface area (Å²) in [5.74, 6) is 0. The number of likely N-dealkylation sites (tertiary alicyclic amines) is 1. The lowest BCUT2D eigenvalue weighted by molar-refractivity contribution is 0.253. The minimum absolute atomic E-state index is 0.170. The summed E-state index contributed by atoms with van der Waals surface area (Å²) in [5.41, 5.74) is 8.19. The molecule has 3 nitrogen and oxygen atoms in total. The minimum atomic E-state index is 0.170. The summed E-state index contributed by atoms with van der Waals surface area (Å²) >= 11 is 6.46. The molecule has 1 atom stereocenters. The quantitative estimate of drug-likeness (QED) is 0.927. The van der Waals surface area contributed by atoms with Gasteiger partial charge in [-0.2, -0.15) is 0 Å². The number of rotatable bonds is 4. The molecule has 1 fully saturated rings. The highest BCUT2D eigenvalue weighted by atomic mass is 35.5. The van der Waals surface area contributed by atoms with Crippen molar-refractivity contribution in [1.82, 2.24) is 4.90 Å². The number of nitrogens with two attached hydrogens (primary N) is 1. The van der Waals surface area contributed by atoms with Crippen LogP contribution in [0.4, 0.5) is 5.69 Å². The maximum Gasteiger partial charge on any atom is 0.0642 e. The van der Waals surface area contributed by atoms with Crippen LogP contribution in [0.15, 0.2) is 18.2 Å². The highest BCUT2D eigenvalue weighted by molar-refractivity contribution is 6.33. The second kappa shape index (κ2) is 6.79. The first kappa shape index (κ1) is 15.6. The van der Waals surface area contributed by atoms with Crippen LogP contribution in [0, 0.1) is 0 Å². The van der Waals surface area contributed by atoms with Gasteiger partial charge in [-0.15, -0.1) is 0 Å². The van der Waals surface area contributed by atoms with Crippen molar-refractivity contribution in [2.24, 2.45) is 5.73 Å². The lowest BCUT2D eigenvalue weighted by Crippen LogP contribution is -2.42. The summed E-state index contributed by atoms with van der Waals surface area (Å²) in [6.45, 7) is 4.34. The van der Waals surface area contributed by atoms with Crippen molar-refractivity contribution in [2.45, 2.75) is 38.3 Å². The Balaban J connectivity index is 2.08. The molecule has 0 saturated carbocycles. The van der Waals surface area contributed by atoms with Crippen LogP contribution in [0.1, 0.15) is 25.3 Å². The van der Waals surface area contributed by atoms with Gasteiger partial charge in [-0.25, -0.2) is 0 Å². The van der Waals surface area contributed by atoms with E-state index >= 15 is 0 Å². The Bertz CT molecular complexity index is 439. The Morgan fingerprint density at radius 2 is 2.05 bits per heavy atom. The van der Waals surface area contributed by atoms with Gasteiger partial charge in [0.15, 0.2) is 0 Å². The number of piperidine rings is 1. The number of hydrogen-bond acceptors (Lipinski definition) is 3. The first-order valence-electron chi connectivity index (χ1n) is 7.42. The lowest BCUT2D eigenvalue weighted by atomic mass is 10.0. The van der Waals surface area contributed by atoms with Crippen LogP contribution in [-0.2, 0) is 6.42 Å². The Hall–Kier alpha value is -0.770. The molecule has 0 aromatic heterocycles. The molecule has 1 aromatic carbocycles. The van der Waals surface area contributed by atoms with Crippen molar-refractivity contribution in [3.63, 3.8) is 0 Å². The van der Waals surface area contributed by atoms with E-state index in [1.807, 2.05) is 6.92 Å². The first-order valence-corrected chi connectivity index (χ1v) is 7.80. The molecule has 0 aliphatic carbocycles. The molecule has 0 bridgehead atoms. The minimum Gasteiger partial charge on any atom is -0.370 e. The third-order valence-electron chi connectivity index (χ3n) is 4.19. The van der Waals surface area contributed by atoms with E-state index in [1.165, 1.54) is 18.4 Å². The van der Waals surface area contributed by atoms with E-state index in [2.05, 4.69) is 42.1 Å². The lowest BCUT2D eigenvalue weighted by Gasteiger charge is -2.36. The molecule has 1 aromatic rings. The average Bonchev–Trinajstić information content (AvgIpc) is 2.38. The van der Waals surface area contributed by atoms with Gasteiger partial charge < -0.3 is 15.5 Å². The zero-order chi connectivity index (χ0) is 14.7. The van der Waals surface area contributed by atoms with Crippen LogP contribution in [0.3, 0.4) is 0 Å². The monoisotopic (exact) mass is 295 g/mol. The summed E-state index contributed by atoms with van der Waals surface area (Å²) in [6.07, 6.45) is 3.27. The van der Waals surface area contributed by atoms with Crippen LogP contribution < -0.4 is 10.6 Å². The smallest absolute Gasteiger partial charge is 0.0642 e. The predicted molar refractivity (Wildman–Crippen MR) is 87.7 cm³/mol. The van der Waals surface area contributed by atoms with Crippen LogP contribution >= 0.6 is 11.6 Å². The summed E-state index contributed by atoms with van der Waals surface area (Å²) in [6, 6.07) is 7.10. The molecule has 2 rings (SSSR count). The molecule has 1 aliphatic heterocycles. The highest BCUT2D eigenvalue weighted by Gasteiger charge is 2.22. The number of halogens is 1. The van der Waals surface area contributed by atoms with Gasteiger partial charge >= 0.3 is 0 Å². The SMILES string of the molecule is CC(N)Cc1ccc(N(C)C2CCN(C)CC2)c(Cl)c1. The van der Waals surface area contributed by atoms with Crippen molar-refractivity contribution < 1.29 is 0 Å². The highest BCUT2D eigenvalue weighted by Crippen LogP contribution is 2.30. The summed E-state index contributed by atoms with van der Waals surface area (Å²) in [4.78, 5) is 4.72. The number of anilines is 1. The van der Waals surface area contributed by atoms with Crippen LogP contribution in [0.5, 0.6) is 0 Å². The molecular formula is C16H26ClN3. The fraction of sp³-hybridized carbons (Fsp3) is 0.625.